The Kier molecular flexibility index (Phi) is 10.7. The standard InChI is InChI=1S/C24H37N3O2.ClH/c25-15-6-16-27(18-20-9-2-1-3-10-20)24(29)21-11-13-22(14-12-21)26-23(28)17-19-7-4-5-8-19;/h1-3,9-10,19,21-22H,4-8,11-18,25H2,(H,26,28);1H. The van der Waals surface area contributed by atoms with Gasteiger partial charge in [0, 0.05) is 31.5 Å². The van der Waals surface area contributed by atoms with Crippen LogP contribution in [0.4, 0.5) is 0 Å². The van der Waals surface area contributed by atoms with E-state index in [1.165, 1.54) is 25.7 Å². The van der Waals surface area contributed by atoms with Crippen LogP contribution in [0.15, 0.2) is 30.3 Å². The summed E-state index contributed by atoms with van der Waals surface area (Å²) in [5.74, 6) is 1.11. The number of carbonyl (C=O) groups excluding carboxylic acids is 2. The van der Waals surface area contributed by atoms with Crippen molar-refractivity contribution in [2.24, 2.45) is 17.6 Å². The summed E-state index contributed by atoms with van der Waals surface area (Å²) in [7, 11) is 0. The van der Waals surface area contributed by atoms with E-state index in [1.807, 2.05) is 23.1 Å². The third-order valence-corrected chi connectivity index (χ3v) is 6.55. The number of halogens is 1. The maximum absolute atomic E-state index is 13.2. The van der Waals surface area contributed by atoms with Crippen LogP contribution in [0.25, 0.3) is 0 Å². The van der Waals surface area contributed by atoms with Gasteiger partial charge in [-0.1, -0.05) is 43.2 Å². The van der Waals surface area contributed by atoms with Crippen molar-refractivity contribution in [2.45, 2.75) is 76.8 Å². The fourth-order valence-corrected chi connectivity index (χ4v) is 4.86. The SMILES string of the molecule is Cl.NCCCN(Cc1ccccc1)C(=O)C1CCC(NC(=O)CC2CCCC2)CC1. The lowest BCUT2D eigenvalue weighted by Crippen LogP contribution is -2.42. The number of nitrogens with two attached hydrogens (primary N) is 1. The van der Waals surface area contributed by atoms with Crippen molar-refractivity contribution >= 4 is 24.2 Å². The maximum Gasteiger partial charge on any atom is 0.225 e. The van der Waals surface area contributed by atoms with Crippen LogP contribution in [0.5, 0.6) is 0 Å². The topological polar surface area (TPSA) is 75.4 Å². The molecule has 5 nitrogen and oxygen atoms in total. The molecule has 1 aromatic rings. The van der Waals surface area contributed by atoms with Gasteiger partial charge < -0.3 is 16.0 Å². The van der Waals surface area contributed by atoms with E-state index in [2.05, 4.69) is 17.4 Å². The highest BCUT2D eigenvalue weighted by Crippen LogP contribution is 2.29. The van der Waals surface area contributed by atoms with Crippen LogP contribution in [-0.4, -0.2) is 35.8 Å². The number of benzene rings is 1. The molecule has 0 aromatic heterocycles. The van der Waals surface area contributed by atoms with Gasteiger partial charge in [0.25, 0.3) is 0 Å². The molecule has 0 saturated heterocycles. The molecule has 2 fully saturated rings. The fourth-order valence-electron chi connectivity index (χ4n) is 4.86. The molecule has 0 heterocycles. The second-order valence-electron chi connectivity index (χ2n) is 8.86. The molecular formula is C24H38ClN3O2. The Labute approximate surface area is 187 Å². The third kappa shape index (κ3) is 7.59. The Morgan fingerprint density at radius 2 is 1.67 bits per heavy atom. The average Bonchev–Trinajstić information content (AvgIpc) is 3.25. The molecule has 2 amide bonds. The highest BCUT2D eigenvalue weighted by Gasteiger charge is 2.30. The highest BCUT2D eigenvalue weighted by molar-refractivity contribution is 5.85. The fraction of sp³-hybridized carbons (Fsp3) is 0.667. The first kappa shape index (κ1) is 24.7. The van der Waals surface area contributed by atoms with Crippen molar-refractivity contribution in [3.63, 3.8) is 0 Å². The maximum atomic E-state index is 13.2. The number of nitrogens with one attached hydrogen (secondary N) is 1. The van der Waals surface area contributed by atoms with E-state index in [4.69, 9.17) is 5.73 Å². The molecule has 0 aliphatic heterocycles. The summed E-state index contributed by atoms with van der Waals surface area (Å²) in [6, 6.07) is 10.4. The predicted octanol–water partition coefficient (Wildman–Crippen LogP) is 4.04. The van der Waals surface area contributed by atoms with Crippen molar-refractivity contribution in [3.05, 3.63) is 35.9 Å². The van der Waals surface area contributed by atoms with Gasteiger partial charge in [-0.3, -0.25) is 9.59 Å². The van der Waals surface area contributed by atoms with Crippen LogP contribution >= 0.6 is 12.4 Å². The van der Waals surface area contributed by atoms with E-state index in [1.54, 1.807) is 0 Å². The van der Waals surface area contributed by atoms with Gasteiger partial charge in [-0.05, 0) is 63.0 Å². The van der Waals surface area contributed by atoms with Gasteiger partial charge in [0.2, 0.25) is 11.8 Å². The Balaban J connectivity index is 0.00000320. The van der Waals surface area contributed by atoms with Gasteiger partial charge in [0.05, 0.1) is 0 Å². The van der Waals surface area contributed by atoms with E-state index >= 15 is 0 Å². The molecule has 1 aromatic carbocycles. The molecule has 0 unspecified atom stereocenters. The monoisotopic (exact) mass is 435 g/mol. The first-order valence-corrected chi connectivity index (χ1v) is 11.5. The second kappa shape index (κ2) is 13.0. The van der Waals surface area contributed by atoms with Gasteiger partial charge in [0.15, 0.2) is 0 Å². The Hall–Kier alpha value is -1.59. The number of nitrogens with zero attached hydrogens (tertiary/aromatic N) is 1. The number of hydrogen-bond donors (Lipinski definition) is 2. The van der Waals surface area contributed by atoms with E-state index in [0.717, 1.165) is 37.7 Å². The highest BCUT2D eigenvalue weighted by atomic mass is 35.5. The minimum absolute atomic E-state index is 0. The first-order chi connectivity index (χ1) is 14.2. The van der Waals surface area contributed by atoms with Gasteiger partial charge in [-0.25, -0.2) is 0 Å². The largest absolute Gasteiger partial charge is 0.353 e. The number of carbonyl (C=O) groups is 2. The van der Waals surface area contributed by atoms with Crippen LogP contribution in [0.1, 0.15) is 69.8 Å². The van der Waals surface area contributed by atoms with Gasteiger partial charge >= 0.3 is 0 Å². The summed E-state index contributed by atoms with van der Waals surface area (Å²) in [5.41, 5.74) is 6.85. The minimum Gasteiger partial charge on any atom is -0.353 e. The lowest BCUT2D eigenvalue weighted by molar-refractivity contribution is -0.137. The smallest absolute Gasteiger partial charge is 0.225 e. The number of amides is 2. The van der Waals surface area contributed by atoms with Gasteiger partial charge in [-0.2, -0.15) is 0 Å². The molecular weight excluding hydrogens is 398 g/mol. The molecule has 0 atom stereocenters. The lowest BCUT2D eigenvalue weighted by Gasteiger charge is -2.33. The Bertz CT molecular complexity index is 641. The van der Waals surface area contributed by atoms with Crippen LogP contribution in [0.3, 0.4) is 0 Å². The summed E-state index contributed by atoms with van der Waals surface area (Å²) < 4.78 is 0. The molecule has 2 saturated carbocycles. The van der Waals surface area contributed by atoms with E-state index < -0.39 is 0 Å². The zero-order valence-electron chi connectivity index (χ0n) is 18.1. The zero-order chi connectivity index (χ0) is 20.5. The second-order valence-corrected chi connectivity index (χ2v) is 8.86. The molecule has 3 N–H and O–H groups in total. The molecule has 3 rings (SSSR count). The quantitative estimate of drug-likeness (QED) is 0.614. The van der Waals surface area contributed by atoms with Crippen molar-refractivity contribution in [1.82, 2.24) is 10.2 Å². The molecule has 2 aliphatic carbocycles. The van der Waals surface area contributed by atoms with Crippen molar-refractivity contribution in [1.29, 1.82) is 0 Å². The van der Waals surface area contributed by atoms with Crippen LogP contribution in [-0.2, 0) is 16.1 Å². The summed E-state index contributed by atoms with van der Waals surface area (Å²) in [6.45, 7) is 1.96. The van der Waals surface area contributed by atoms with Crippen molar-refractivity contribution in [3.8, 4) is 0 Å². The predicted molar refractivity (Wildman–Crippen MR) is 123 cm³/mol. The molecule has 0 spiro atoms. The van der Waals surface area contributed by atoms with Crippen LogP contribution in [0.2, 0.25) is 0 Å². The molecule has 0 radical (unpaired) electrons. The molecule has 168 valence electrons. The first-order valence-electron chi connectivity index (χ1n) is 11.5. The van der Waals surface area contributed by atoms with Crippen LogP contribution in [0, 0.1) is 11.8 Å². The molecule has 30 heavy (non-hydrogen) atoms. The Morgan fingerprint density at radius 1 is 1.00 bits per heavy atom. The summed E-state index contributed by atoms with van der Waals surface area (Å²) in [6.07, 6.45) is 10.00. The van der Waals surface area contributed by atoms with Crippen molar-refractivity contribution < 1.29 is 9.59 Å². The van der Waals surface area contributed by atoms with Crippen LogP contribution < -0.4 is 11.1 Å². The molecule has 2 aliphatic rings. The molecule has 6 heteroatoms. The van der Waals surface area contributed by atoms with Gasteiger partial charge in [-0.15, -0.1) is 12.4 Å². The number of hydrogen-bond acceptors (Lipinski definition) is 3. The zero-order valence-corrected chi connectivity index (χ0v) is 18.9. The molecule has 0 bridgehead atoms. The summed E-state index contributed by atoms with van der Waals surface area (Å²) in [4.78, 5) is 27.5. The lowest BCUT2D eigenvalue weighted by atomic mass is 9.84. The number of rotatable bonds is 9. The van der Waals surface area contributed by atoms with E-state index in [0.29, 0.717) is 32.0 Å². The summed E-state index contributed by atoms with van der Waals surface area (Å²) in [5, 5.41) is 3.23. The van der Waals surface area contributed by atoms with Crippen molar-refractivity contribution in [2.75, 3.05) is 13.1 Å². The van der Waals surface area contributed by atoms with Gasteiger partial charge in [0.1, 0.15) is 0 Å². The normalized spacial score (nSPS) is 21.6. The van der Waals surface area contributed by atoms with E-state index in [-0.39, 0.29) is 36.2 Å². The summed E-state index contributed by atoms with van der Waals surface area (Å²) >= 11 is 0. The van der Waals surface area contributed by atoms with E-state index in [9.17, 15) is 9.59 Å². The minimum atomic E-state index is 0. The Morgan fingerprint density at radius 3 is 2.30 bits per heavy atom. The average molecular weight is 436 g/mol. The third-order valence-electron chi connectivity index (χ3n) is 6.55.